The van der Waals surface area contributed by atoms with Gasteiger partial charge in [-0.2, -0.15) is 5.10 Å². The molecule has 20 heavy (non-hydrogen) atoms. The monoisotopic (exact) mass is 291 g/mol. The molecule has 1 aliphatic heterocycles. The Morgan fingerprint density at radius 2 is 2.00 bits per heavy atom. The van der Waals surface area contributed by atoms with Gasteiger partial charge in [0.2, 0.25) is 0 Å². The average Bonchev–Trinajstić information content (AvgIpc) is 2.85. The van der Waals surface area contributed by atoms with Crippen molar-refractivity contribution in [2.75, 3.05) is 31.1 Å². The van der Waals surface area contributed by atoms with Crippen molar-refractivity contribution in [3.8, 4) is 0 Å². The van der Waals surface area contributed by atoms with Crippen LogP contribution < -0.4 is 4.90 Å². The van der Waals surface area contributed by atoms with Crippen molar-refractivity contribution in [2.45, 2.75) is 6.54 Å². The van der Waals surface area contributed by atoms with E-state index in [1.807, 2.05) is 29.9 Å². The molecule has 106 valence electrons. The number of anilines is 1. The lowest BCUT2D eigenvalue weighted by atomic mass is 10.2. The molecule has 3 rings (SSSR count). The van der Waals surface area contributed by atoms with Crippen LogP contribution in [0.15, 0.2) is 30.6 Å². The van der Waals surface area contributed by atoms with Crippen LogP contribution in [0.3, 0.4) is 0 Å². The molecule has 0 aliphatic carbocycles. The molecular formula is C14H18ClN5. The van der Waals surface area contributed by atoms with Crippen molar-refractivity contribution < 1.29 is 0 Å². The van der Waals surface area contributed by atoms with Gasteiger partial charge in [-0.25, -0.2) is 4.98 Å². The summed E-state index contributed by atoms with van der Waals surface area (Å²) in [6, 6.07) is 8.06. The zero-order chi connectivity index (χ0) is 13.9. The highest BCUT2D eigenvalue weighted by molar-refractivity contribution is 6.30. The molecule has 0 radical (unpaired) electrons. The fourth-order valence-corrected chi connectivity index (χ4v) is 2.68. The first-order valence-electron chi connectivity index (χ1n) is 6.78. The van der Waals surface area contributed by atoms with Gasteiger partial charge in [-0.15, -0.1) is 0 Å². The highest BCUT2D eigenvalue weighted by atomic mass is 35.5. The van der Waals surface area contributed by atoms with Gasteiger partial charge in [0.1, 0.15) is 12.2 Å². The average molecular weight is 292 g/mol. The Kier molecular flexibility index (Phi) is 3.89. The molecule has 1 aromatic carbocycles. The maximum atomic E-state index is 6.05. The summed E-state index contributed by atoms with van der Waals surface area (Å²) in [6.45, 7) is 4.94. The quantitative estimate of drug-likeness (QED) is 0.864. The second kappa shape index (κ2) is 5.81. The van der Waals surface area contributed by atoms with Crippen LogP contribution in [0.2, 0.25) is 5.02 Å². The molecule has 2 aromatic rings. The van der Waals surface area contributed by atoms with Gasteiger partial charge in [0.05, 0.1) is 6.54 Å². The second-order valence-electron chi connectivity index (χ2n) is 5.04. The zero-order valence-electron chi connectivity index (χ0n) is 11.5. The summed E-state index contributed by atoms with van der Waals surface area (Å²) in [5, 5.41) is 4.90. The number of benzene rings is 1. The van der Waals surface area contributed by atoms with Gasteiger partial charge < -0.3 is 4.90 Å². The van der Waals surface area contributed by atoms with E-state index in [0.717, 1.165) is 43.6 Å². The van der Waals surface area contributed by atoms with Gasteiger partial charge in [-0.3, -0.25) is 9.58 Å². The largest absolute Gasteiger partial charge is 0.369 e. The van der Waals surface area contributed by atoms with Gasteiger partial charge >= 0.3 is 0 Å². The van der Waals surface area contributed by atoms with Crippen molar-refractivity contribution in [3.05, 3.63) is 41.4 Å². The van der Waals surface area contributed by atoms with Crippen molar-refractivity contribution in [1.29, 1.82) is 0 Å². The summed E-state index contributed by atoms with van der Waals surface area (Å²) in [5.41, 5.74) is 1.20. The minimum Gasteiger partial charge on any atom is -0.369 e. The molecule has 0 saturated carbocycles. The van der Waals surface area contributed by atoms with Gasteiger partial charge in [0, 0.05) is 43.9 Å². The smallest absolute Gasteiger partial charge is 0.140 e. The summed E-state index contributed by atoms with van der Waals surface area (Å²) < 4.78 is 1.84. The molecule has 1 fully saturated rings. The minimum absolute atomic E-state index is 0.795. The van der Waals surface area contributed by atoms with E-state index in [1.165, 1.54) is 5.69 Å². The normalized spacial score (nSPS) is 16.6. The fourth-order valence-electron chi connectivity index (χ4n) is 2.50. The number of hydrogen-bond acceptors (Lipinski definition) is 4. The molecule has 0 N–H and O–H groups in total. The zero-order valence-corrected chi connectivity index (χ0v) is 12.3. The third kappa shape index (κ3) is 2.94. The summed E-state index contributed by atoms with van der Waals surface area (Å²) in [7, 11) is 1.94. The number of aryl methyl sites for hydroxylation is 1. The van der Waals surface area contributed by atoms with Gasteiger partial charge in [0.25, 0.3) is 0 Å². The highest BCUT2D eigenvalue weighted by Gasteiger charge is 2.18. The van der Waals surface area contributed by atoms with E-state index in [4.69, 9.17) is 11.6 Å². The number of rotatable bonds is 3. The van der Waals surface area contributed by atoms with E-state index in [0.29, 0.717) is 0 Å². The summed E-state index contributed by atoms with van der Waals surface area (Å²) in [5.74, 6) is 1.02. The van der Waals surface area contributed by atoms with E-state index >= 15 is 0 Å². The first-order valence-corrected chi connectivity index (χ1v) is 7.16. The molecule has 1 aromatic heterocycles. The molecular weight excluding hydrogens is 274 g/mol. The summed E-state index contributed by atoms with van der Waals surface area (Å²) in [4.78, 5) is 9.06. The SMILES string of the molecule is Cn1ncnc1CN1CCN(c2cccc(Cl)c2)CC1. The third-order valence-corrected chi connectivity index (χ3v) is 3.95. The maximum absolute atomic E-state index is 6.05. The molecule has 0 amide bonds. The van der Waals surface area contributed by atoms with Gasteiger partial charge in [0.15, 0.2) is 0 Å². The standard InChI is InChI=1S/C14H18ClN5/c1-18-14(16-11-17-18)10-19-5-7-20(8-6-19)13-4-2-3-12(15)9-13/h2-4,9,11H,5-8,10H2,1H3. The van der Waals surface area contributed by atoms with Crippen LogP contribution in [0.4, 0.5) is 5.69 Å². The number of piperazine rings is 1. The van der Waals surface area contributed by atoms with Crippen molar-refractivity contribution in [2.24, 2.45) is 7.05 Å². The summed E-state index contributed by atoms with van der Waals surface area (Å²) in [6.07, 6.45) is 1.61. The van der Waals surface area contributed by atoms with Gasteiger partial charge in [-0.05, 0) is 18.2 Å². The molecule has 6 heteroatoms. The number of halogens is 1. The van der Waals surface area contributed by atoms with Crippen LogP contribution in [0.5, 0.6) is 0 Å². The van der Waals surface area contributed by atoms with Crippen molar-refractivity contribution >= 4 is 17.3 Å². The Bertz CT molecular complexity index is 574. The molecule has 0 bridgehead atoms. The lowest BCUT2D eigenvalue weighted by Gasteiger charge is -2.35. The van der Waals surface area contributed by atoms with Crippen molar-refractivity contribution in [1.82, 2.24) is 19.7 Å². The molecule has 0 unspecified atom stereocenters. The lowest BCUT2D eigenvalue weighted by Crippen LogP contribution is -2.46. The number of hydrogen-bond donors (Lipinski definition) is 0. The van der Waals surface area contributed by atoms with Crippen LogP contribution in [0, 0.1) is 0 Å². The van der Waals surface area contributed by atoms with E-state index < -0.39 is 0 Å². The molecule has 2 heterocycles. The number of nitrogens with zero attached hydrogens (tertiary/aromatic N) is 5. The van der Waals surface area contributed by atoms with Crippen LogP contribution in [-0.4, -0.2) is 45.8 Å². The Labute approximate surface area is 123 Å². The van der Waals surface area contributed by atoms with Crippen LogP contribution in [0.25, 0.3) is 0 Å². The van der Waals surface area contributed by atoms with Crippen LogP contribution in [0.1, 0.15) is 5.82 Å². The Morgan fingerprint density at radius 3 is 2.65 bits per heavy atom. The molecule has 5 nitrogen and oxygen atoms in total. The van der Waals surface area contributed by atoms with E-state index in [9.17, 15) is 0 Å². The molecule has 0 spiro atoms. The summed E-state index contributed by atoms with van der Waals surface area (Å²) >= 11 is 6.05. The molecule has 1 saturated heterocycles. The second-order valence-corrected chi connectivity index (χ2v) is 5.48. The fraction of sp³-hybridized carbons (Fsp3) is 0.429. The number of aromatic nitrogens is 3. The van der Waals surface area contributed by atoms with Gasteiger partial charge in [-0.1, -0.05) is 17.7 Å². The third-order valence-electron chi connectivity index (χ3n) is 3.72. The Balaban J connectivity index is 1.58. The molecule has 1 aliphatic rings. The Hall–Kier alpha value is -1.59. The lowest BCUT2D eigenvalue weighted by molar-refractivity contribution is 0.241. The van der Waals surface area contributed by atoms with Crippen molar-refractivity contribution in [3.63, 3.8) is 0 Å². The van der Waals surface area contributed by atoms with Crippen LogP contribution in [-0.2, 0) is 13.6 Å². The predicted octanol–water partition coefficient (Wildman–Crippen LogP) is 1.79. The van der Waals surface area contributed by atoms with E-state index in [2.05, 4.69) is 25.9 Å². The Morgan fingerprint density at radius 1 is 1.20 bits per heavy atom. The first kappa shape index (κ1) is 13.4. The minimum atomic E-state index is 0.795. The van der Waals surface area contributed by atoms with E-state index in [1.54, 1.807) is 6.33 Å². The first-order chi connectivity index (χ1) is 9.72. The molecule has 0 atom stereocenters. The topological polar surface area (TPSA) is 37.2 Å². The van der Waals surface area contributed by atoms with E-state index in [-0.39, 0.29) is 0 Å². The van der Waals surface area contributed by atoms with Crippen LogP contribution >= 0.6 is 11.6 Å². The predicted molar refractivity (Wildman–Crippen MR) is 79.9 cm³/mol. The highest BCUT2D eigenvalue weighted by Crippen LogP contribution is 2.21. The maximum Gasteiger partial charge on any atom is 0.140 e.